The van der Waals surface area contributed by atoms with Crippen molar-refractivity contribution < 1.29 is 92.8 Å². The Labute approximate surface area is 107 Å². The summed E-state index contributed by atoms with van der Waals surface area (Å²) in [6.45, 7) is 0. The van der Waals surface area contributed by atoms with Gasteiger partial charge in [-0.05, 0) is 0 Å². The van der Waals surface area contributed by atoms with Crippen LogP contribution in [-0.4, -0.2) is 7.32 Å². The maximum Gasteiger partial charge on any atom is 2.00 e. The predicted octanol–water partition coefficient (Wildman–Crippen LogP) is -6.78. The van der Waals surface area contributed by atoms with Gasteiger partial charge < -0.3 is 34.3 Å². The SMILES string of the molecule is O=P([O-])([O-])[O-].[O-]B([O-])[O-].[Zn+2].[Zn+2].[Zn+2]. The molecule has 0 unspecified atom stereocenters. The van der Waals surface area contributed by atoms with Gasteiger partial charge in [-0.1, -0.05) is 0 Å². The molecule has 0 bridgehead atoms. The van der Waals surface area contributed by atoms with Crippen LogP contribution in [0.25, 0.3) is 0 Å². The molecule has 0 aromatic carbocycles. The molecule has 12 heteroatoms. The molecule has 0 aliphatic rings. The van der Waals surface area contributed by atoms with Crippen LogP contribution in [-0.2, 0) is 63.0 Å². The molecular formula is BO7PZn3. The Bertz CT molecular complexity index is 89.8. The van der Waals surface area contributed by atoms with E-state index in [4.69, 9.17) is 34.3 Å². The van der Waals surface area contributed by atoms with E-state index in [1.807, 2.05) is 0 Å². The van der Waals surface area contributed by atoms with Crippen LogP contribution in [0.4, 0.5) is 0 Å². The van der Waals surface area contributed by atoms with Gasteiger partial charge in [-0.15, -0.1) is 0 Å². The molecule has 0 aromatic heterocycles. The van der Waals surface area contributed by atoms with Crippen LogP contribution in [0.15, 0.2) is 0 Å². The summed E-state index contributed by atoms with van der Waals surface area (Å²) in [4.78, 5) is 25.6. The van der Waals surface area contributed by atoms with Crippen molar-refractivity contribution in [2.24, 2.45) is 0 Å². The second-order valence-corrected chi connectivity index (χ2v) is 1.63. The molecule has 0 aliphatic carbocycles. The largest absolute Gasteiger partial charge is 2.00 e. The summed E-state index contributed by atoms with van der Waals surface area (Å²) >= 11 is 0. The summed E-state index contributed by atoms with van der Waals surface area (Å²) in [6, 6.07) is 0. The third kappa shape index (κ3) is 384. The Kier molecular flexibility index (Phi) is 37.5. The molecule has 0 N–H and O–H groups in total. The Morgan fingerprint density at radius 1 is 0.833 bits per heavy atom. The molecule has 0 rings (SSSR count). The molecule has 0 fully saturated rings. The molecule has 0 heterocycles. The summed E-state index contributed by atoms with van der Waals surface area (Å²) in [5.74, 6) is 0. The molecule has 0 aliphatic heterocycles. The van der Waals surface area contributed by atoms with E-state index in [0.717, 1.165) is 0 Å². The molecule has 0 saturated carbocycles. The fourth-order valence-electron chi connectivity index (χ4n) is 0. The van der Waals surface area contributed by atoms with E-state index in [1.54, 1.807) is 0 Å². The topological polar surface area (TPSA) is 155 Å². The van der Waals surface area contributed by atoms with E-state index in [0.29, 0.717) is 0 Å². The predicted molar refractivity (Wildman–Crippen MR) is 13.4 cm³/mol. The normalized spacial score (nSPS) is 7.17. The number of rotatable bonds is 0. The van der Waals surface area contributed by atoms with E-state index in [-0.39, 0.29) is 58.4 Å². The average molecular weight is 350 g/mol. The van der Waals surface area contributed by atoms with E-state index >= 15 is 0 Å². The van der Waals surface area contributed by atoms with E-state index in [2.05, 4.69) is 0 Å². The van der Waals surface area contributed by atoms with E-state index < -0.39 is 15.1 Å². The Morgan fingerprint density at radius 3 is 0.833 bits per heavy atom. The van der Waals surface area contributed by atoms with Crippen LogP contribution in [0.1, 0.15) is 0 Å². The minimum Gasteiger partial charge on any atom is -0.907 e. The van der Waals surface area contributed by atoms with Crippen molar-refractivity contribution in [3.8, 4) is 0 Å². The van der Waals surface area contributed by atoms with Gasteiger partial charge in [0.25, 0.3) is 0 Å². The maximum atomic E-state index is 8.55. The number of hydrogen-bond acceptors (Lipinski definition) is 7. The average Bonchev–Trinajstić information content (AvgIpc) is 1.19. The molecule has 56 valence electrons. The van der Waals surface area contributed by atoms with Crippen molar-refractivity contribution in [3.05, 3.63) is 0 Å². The first-order chi connectivity index (χ1) is 3.73. The minimum absolute atomic E-state index is 0. The van der Waals surface area contributed by atoms with Crippen molar-refractivity contribution in [1.82, 2.24) is 0 Å². The van der Waals surface area contributed by atoms with Crippen LogP contribution in [0.3, 0.4) is 0 Å². The second-order valence-electron chi connectivity index (χ2n) is 0.736. The van der Waals surface area contributed by atoms with Gasteiger partial charge in [0.15, 0.2) is 0 Å². The molecule has 0 radical (unpaired) electrons. The standard InChI is InChI=1S/BO3.H3O4P.3Zn/c2-1(3)4;1-5(2,3)4;;;/h;(H3,1,2,3,4);;;/q-3;;3*+2/p-3. The zero-order valence-electron chi connectivity index (χ0n) is 6.00. The van der Waals surface area contributed by atoms with Crippen molar-refractivity contribution in [1.29, 1.82) is 0 Å². The molecular weight excluding hydrogens is 350 g/mol. The van der Waals surface area contributed by atoms with Gasteiger partial charge in [0.05, 0.1) is 0 Å². The summed E-state index contributed by atoms with van der Waals surface area (Å²) in [5, 5.41) is 25.2. The summed E-state index contributed by atoms with van der Waals surface area (Å²) in [5.41, 5.74) is 0. The van der Waals surface area contributed by atoms with Gasteiger partial charge in [0.1, 0.15) is 0 Å². The first-order valence-corrected chi connectivity index (χ1v) is 2.90. The van der Waals surface area contributed by atoms with Gasteiger partial charge in [-0.25, -0.2) is 0 Å². The summed E-state index contributed by atoms with van der Waals surface area (Å²) in [6.07, 6.45) is 0. The monoisotopic (exact) mass is 346 g/mol. The van der Waals surface area contributed by atoms with Crippen LogP contribution in [0, 0.1) is 0 Å². The molecule has 0 saturated heterocycles. The Morgan fingerprint density at radius 2 is 0.833 bits per heavy atom. The van der Waals surface area contributed by atoms with Gasteiger partial charge in [0.2, 0.25) is 0 Å². The van der Waals surface area contributed by atoms with Crippen LogP contribution >= 0.6 is 7.82 Å². The van der Waals surface area contributed by atoms with Crippen LogP contribution in [0.5, 0.6) is 0 Å². The fourth-order valence-corrected chi connectivity index (χ4v) is 0. The second kappa shape index (κ2) is 15.4. The van der Waals surface area contributed by atoms with Crippen molar-refractivity contribution in [3.63, 3.8) is 0 Å². The molecule has 7 nitrogen and oxygen atoms in total. The fraction of sp³-hybridized carbons (Fsp3) is 0. The van der Waals surface area contributed by atoms with Gasteiger partial charge in [-0.2, -0.15) is 7.82 Å². The third-order valence-corrected chi connectivity index (χ3v) is 0. The van der Waals surface area contributed by atoms with Crippen molar-refractivity contribution in [2.45, 2.75) is 0 Å². The first kappa shape index (κ1) is 29.2. The smallest absolute Gasteiger partial charge is 0.907 e. The molecule has 12 heavy (non-hydrogen) atoms. The maximum absolute atomic E-state index is 8.55. The third-order valence-electron chi connectivity index (χ3n) is 0. The van der Waals surface area contributed by atoms with E-state index in [1.165, 1.54) is 0 Å². The molecule has 0 aromatic rings. The van der Waals surface area contributed by atoms with Crippen molar-refractivity contribution in [2.75, 3.05) is 0 Å². The zero-order chi connectivity index (χ0) is 8.08. The summed E-state index contributed by atoms with van der Waals surface area (Å²) in [7, 11) is -8.31. The Hall–Kier alpha value is 1.93. The molecule has 0 atom stereocenters. The quantitative estimate of drug-likeness (QED) is 0.310. The van der Waals surface area contributed by atoms with Gasteiger partial charge >= 0.3 is 58.4 Å². The molecule has 0 amide bonds. The van der Waals surface area contributed by atoms with Gasteiger partial charge in [0, 0.05) is 0 Å². The van der Waals surface area contributed by atoms with Crippen LogP contribution < -0.4 is 29.8 Å². The van der Waals surface area contributed by atoms with E-state index in [9.17, 15) is 0 Å². The Balaban J connectivity index is -0.0000000221. The first-order valence-electron chi connectivity index (χ1n) is 1.44. The number of phosphoric acid groups is 1. The van der Waals surface area contributed by atoms with Crippen LogP contribution in [0.2, 0.25) is 0 Å². The van der Waals surface area contributed by atoms with Crippen molar-refractivity contribution >= 4 is 15.1 Å². The minimum atomic E-state index is -5.39. The van der Waals surface area contributed by atoms with Gasteiger partial charge in [-0.3, -0.25) is 7.32 Å². The number of hydrogen-bond donors (Lipinski definition) is 0. The molecule has 0 spiro atoms. The summed E-state index contributed by atoms with van der Waals surface area (Å²) < 4.78 is 8.55. The zero-order valence-corrected chi connectivity index (χ0v) is 15.8.